The minimum atomic E-state index is -0.219. The molecule has 0 amide bonds. The summed E-state index contributed by atoms with van der Waals surface area (Å²) < 4.78 is 4.80. The highest BCUT2D eigenvalue weighted by atomic mass is 16.5. The van der Waals surface area contributed by atoms with Crippen molar-refractivity contribution in [1.29, 1.82) is 0 Å². The molecule has 0 atom stereocenters. The molecule has 5 nitrogen and oxygen atoms in total. The largest absolute Gasteiger partial charge is 0.466 e. The molecule has 0 bridgehead atoms. The van der Waals surface area contributed by atoms with E-state index in [0.717, 1.165) is 6.42 Å². The fourth-order valence-electron chi connectivity index (χ4n) is 1.11. The summed E-state index contributed by atoms with van der Waals surface area (Å²) in [5, 5.41) is 7.73. The molecule has 0 unspecified atom stereocenters. The van der Waals surface area contributed by atoms with Crippen LogP contribution in [-0.2, 0) is 9.53 Å². The molecule has 0 spiro atoms. The van der Waals surface area contributed by atoms with Crippen molar-refractivity contribution in [3.8, 4) is 0 Å². The monoisotopic (exact) mass is 209 g/mol. The molecule has 0 saturated carbocycles. The summed E-state index contributed by atoms with van der Waals surface area (Å²) in [6, 6.07) is 0. The van der Waals surface area contributed by atoms with Gasteiger partial charge in [-0.2, -0.15) is 0 Å². The van der Waals surface area contributed by atoms with Gasteiger partial charge in [-0.1, -0.05) is 6.92 Å². The lowest BCUT2D eigenvalue weighted by Gasteiger charge is -1.98. The number of azo groups is 1. The predicted molar refractivity (Wildman–Crippen MR) is 56.5 cm³/mol. The van der Waals surface area contributed by atoms with Gasteiger partial charge in [-0.3, -0.25) is 4.79 Å². The summed E-state index contributed by atoms with van der Waals surface area (Å²) in [7, 11) is 0. The number of esters is 1. The second kappa shape index (κ2) is 6.06. The molecule has 0 fully saturated rings. The molecule has 82 valence electrons. The van der Waals surface area contributed by atoms with Gasteiger partial charge in [-0.15, -0.1) is 10.2 Å². The number of carbonyl (C=O) groups is 1. The number of hydrogen-bond acceptors (Lipinski definition) is 5. The van der Waals surface area contributed by atoms with Crippen molar-refractivity contribution >= 4 is 11.8 Å². The van der Waals surface area contributed by atoms with Gasteiger partial charge in [-0.05, 0) is 19.4 Å². The van der Waals surface area contributed by atoms with Crippen LogP contribution >= 0.6 is 0 Å². The van der Waals surface area contributed by atoms with Gasteiger partial charge in [-0.25, -0.2) is 4.99 Å². The van der Waals surface area contributed by atoms with Gasteiger partial charge in [0.1, 0.15) is 0 Å². The topological polar surface area (TPSA) is 63.4 Å². The molecule has 0 aromatic carbocycles. The van der Waals surface area contributed by atoms with Crippen molar-refractivity contribution in [2.24, 2.45) is 15.2 Å². The van der Waals surface area contributed by atoms with Crippen LogP contribution < -0.4 is 0 Å². The van der Waals surface area contributed by atoms with Crippen LogP contribution in [-0.4, -0.2) is 18.4 Å². The molecule has 5 heteroatoms. The highest BCUT2D eigenvalue weighted by Crippen LogP contribution is 2.13. The van der Waals surface area contributed by atoms with Gasteiger partial charge in [0.25, 0.3) is 0 Å². The molecule has 0 radical (unpaired) electrons. The molecular weight excluding hydrogens is 194 g/mol. The number of aliphatic imine (C=N–C) groups is 1. The number of allylic oxidation sites excluding steroid dienone is 1. The van der Waals surface area contributed by atoms with E-state index in [1.165, 1.54) is 0 Å². The predicted octanol–water partition coefficient (Wildman–Crippen LogP) is 2.45. The summed E-state index contributed by atoms with van der Waals surface area (Å²) in [6.45, 7) is 4.20. The van der Waals surface area contributed by atoms with Gasteiger partial charge in [0, 0.05) is 6.42 Å². The first kappa shape index (κ1) is 11.6. The Morgan fingerprint density at radius 1 is 1.40 bits per heavy atom. The quantitative estimate of drug-likeness (QED) is 0.653. The van der Waals surface area contributed by atoms with Crippen molar-refractivity contribution in [1.82, 2.24) is 0 Å². The second-order valence-electron chi connectivity index (χ2n) is 3.00. The average molecular weight is 209 g/mol. The molecule has 0 N–H and O–H groups in total. The molecule has 1 rings (SSSR count). The van der Waals surface area contributed by atoms with Crippen molar-refractivity contribution in [2.75, 3.05) is 6.61 Å². The summed E-state index contributed by atoms with van der Waals surface area (Å²) in [5.41, 5.74) is 0. The van der Waals surface area contributed by atoms with Crippen LogP contribution in [0.2, 0.25) is 0 Å². The van der Waals surface area contributed by atoms with E-state index < -0.39 is 0 Å². The zero-order chi connectivity index (χ0) is 11.1. The van der Waals surface area contributed by atoms with E-state index in [1.54, 1.807) is 6.92 Å². The van der Waals surface area contributed by atoms with Crippen LogP contribution in [0.15, 0.2) is 27.1 Å². The first-order valence-electron chi connectivity index (χ1n) is 5.11. The zero-order valence-corrected chi connectivity index (χ0v) is 9.06. The highest BCUT2D eigenvalue weighted by molar-refractivity contribution is 5.87. The minimum Gasteiger partial charge on any atom is -0.466 e. The fraction of sp³-hybridized carbons (Fsp3) is 0.600. The molecule has 0 aromatic rings. The number of nitrogens with zero attached hydrogens (tertiary/aromatic N) is 3. The van der Waals surface area contributed by atoms with E-state index in [9.17, 15) is 4.79 Å². The number of rotatable bonds is 5. The molecule has 1 aliphatic heterocycles. The minimum absolute atomic E-state index is 0.219. The summed E-state index contributed by atoms with van der Waals surface area (Å²) in [5.74, 6) is 1.02. The Labute approximate surface area is 88.9 Å². The van der Waals surface area contributed by atoms with Gasteiger partial charge < -0.3 is 4.74 Å². The second-order valence-corrected chi connectivity index (χ2v) is 3.00. The van der Waals surface area contributed by atoms with Crippen molar-refractivity contribution in [2.45, 2.75) is 33.1 Å². The lowest BCUT2D eigenvalue weighted by Crippen LogP contribution is -2.05. The van der Waals surface area contributed by atoms with Crippen LogP contribution in [0, 0.1) is 0 Å². The van der Waals surface area contributed by atoms with Crippen molar-refractivity contribution in [3.63, 3.8) is 0 Å². The SMILES string of the molecule is CC/C=C1\N=NC(CCC(=O)OCC)=N1. The first-order chi connectivity index (χ1) is 7.26. The lowest BCUT2D eigenvalue weighted by atomic mass is 10.3. The van der Waals surface area contributed by atoms with Crippen molar-refractivity contribution in [3.05, 3.63) is 11.9 Å². The Hall–Kier alpha value is -1.52. The number of ether oxygens (including phenoxy) is 1. The van der Waals surface area contributed by atoms with Crippen LogP contribution in [0.3, 0.4) is 0 Å². The van der Waals surface area contributed by atoms with Gasteiger partial charge >= 0.3 is 5.97 Å². The third kappa shape index (κ3) is 4.01. The lowest BCUT2D eigenvalue weighted by molar-refractivity contribution is -0.142. The van der Waals surface area contributed by atoms with E-state index in [0.29, 0.717) is 31.1 Å². The maximum atomic E-state index is 11.0. The Balaban J connectivity index is 2.36. The first-order valence-corrected chi connectivity index (χ1v) is 5.11. The van der Waals surface area contributed by atoms with E-state index in [1.807, 2.05) is 13.0 Å². The summed E-state index contributed by atoms with van der Waals surface area (Å²) in [6.07, 6.45) is 3.57. The molecule has 1 aliphatic rings. The van der Waals surface area contributed by atoms with E-state index in [2.05, 4.69) is 15.2 Å². The maximum absolute atomic E-state index is 11.0. The van der Waals surface area contributed by atoms with E-state index >= 15 is 0 Å². The summed E-state index contributed by atoms with van der Waals surface area (Å²) >= 11 is 0. The fourth-order valence-corrected chi connectivity index (χ4v) is 1.11. The molecule has 0 saturated heterocycles. The Morgan fingerprint density at radius 3 is 2.87 bits per heavy atom. The van der Waals surface area contributed by atoms with Gasteiger partial charge in [0.15, 0.2) is 11.7 Å². The highest BCUT2D eigenvalue weighted by Gasteiger charge is 2.10. The Bertz CT molecular complexity index is 319. The summed E-state index contributed by atoms with van der Waals surface area (Å²) in [4.78, 5) is 15.2. The third-order valence-electron chi connectivity index (χ3n) is 1.76. The molecule has 0 aromatic heterocycles. The molecule has 0 aliphatic carbocycles. The Kier molecular flexibility index (Phi) is 4.66. The third-order valence-corrected chi connectivity index (χ3v) is 1.76. The number of amidine groups is 1. The zero-order valence-electron chi connectivity index (χ0n) is 9.06. The van der Waals surface area contributed by atoms with Gasteiger partial charge in [0.05, 0.1) is 13.0 Å². The molecule has 15 heavy (non-hydrogen) atoms. The molecular formula is C10H15N3O2. The standard InChI is InChI=1S/C10H15N3O2/c1-3-5-8-11-9(13-12-8)6-7-10(14)15-4-2/h5H,3-4,6-7H2,1-2H3/b8-5-. The molecule has 1 heterocycles. The van der Waals surface area contributed by atoms with E-state index in [4.69, 9.17) is 4.74 Å². The Morgan fingerprint density at radius 2 is 2.20 bits per heavy atom. The van der Waals surface area contributed by atoms with Gasteiger partial charge in [0.2, 0.25) is 0 Å². The van der Waals surface area contributed by atoms with Crippen LogP contribution in [0.25, 0.3) is 0 Å². The normalized spacial score (nSPS) is 16.9. The average Bonchev–Trinajstić information content (AvgIpc) is 2.64. The van der Waals surface area contributed by atoms with Crippen LogP contribution in [0.5, 0.6) is 0 Å². The number of hydrogen-bond donors (Lipinski definition) is 0. The maximum Gasteiger partial charge on any atom is 0.306 e. The van der Waals surface area contributed by atoms with Crippen LogP contribution in [0.4, 0.5) is 0 Å². The van der Waals surface area contributed by atoms with Crippen molar-refractivity contribution < 1.29 is 9.53 Å². The smallest absolute Gasteiger partial charge is 0.306 e. The number of carbonyl (C=O) groups excluding carboxylic acids is 1. The van der Waals surface area contributed by atoms with E-state index in [-0.39, 0.29) is 5.97 Å². The van der Waals surface area contributed by atoms with Crippen LogP contribution in [0.1, 0.15) is 33.1 Å².